The number of benzene rings is 1. The van der Waals surface area contributed by atoms with E-state index in [0.29, 0.717) is 6.42 Å². The molecule has 2 N–H and O–H groups in total. The molecule has 1 atom stereocenters. The van der Waals surface area contributed by atoms with Gasteiger partial charge in [-0.25, -0.2) is 13.6 Å². The van der Waals surface area contributed by atoms with Gasteiger partial charge in [0.2, 0.25) is 10.0 Å². The van der Waals surface area contributed by atoms with E-state index in [4.69, 9.17) is 5.14 Å². The van der Waals surface area contributed by atoms with Gasteiger partial charge >= 0.3 is 0 Å². The SMILES string of the molecule is CCCCC(c1ccc2cnn(C)c2c1)S(N)(=O)=O. The summed E-state index contributed by atoms with van der Waals surface area (Å²) in [5.74, 6) is 0. The molecule has 0 radical (unpaired) electrons. The lowest BCUT2D eigenvalue weighted by Crippen LogP contribution is -2.21. The molecule has 0 aliphatic heterocycles. The summed E-state index contributed by atoms with van der Waals surface area (Å²) in [5.41, 5.74) is 1.66. The molecule has 5 nitrogen and oxygen atoms in total. The van der Waals surface area contributed by atoms with Gasteiger partial charge in [-0.15, -0.1) is 0 Å². The molecule has 1 heterocycles. The minimum absolute atomic E-state index is 0.554. The summed E-state index contributed by atoms with van der Waals surface area (Å²) in [6.07, 6.45) is 4.10. The van der Waals surface area contributed by atoms with Gasteiger partial charge in [-0.05, 0) is 18.1 Å². The minimum Gasteiger partial charge on any atom is -0.268 e. The number of rotatable bonds is 5. The number of hydrogen-bond acceptors (Lipinski definition) is 3. The topological polar surface area (TPSA) is 78.0 Å². The lowest BCUT2D eigenvalue weighted by atomic mass is 10.1. The van der Waals surface area contributed by atoms with Crippen molar-refractivity contribution in [2.24, 2.45) is 12.2 Å². The van der Waals surface area contributed by atoms with Crippen LogP contribution in [-0.2, 0) is 17.1 Å². The Morgan fingerprint density at radius 3 is 2.79 bits per heavy atom. The molecule has 2 rings (SSSR count). The average molecular weight is 281 g/mol. The maximum Gasteiger partial charge on any atom is 0.216 e. The van der Waals surface area contributed by atoms with Crippen LogP contribution in [0.25, 0.3) is 10.9 Å². The average Bonchev–Trinajstić information content (AvgIpc) is 2.70. The lowest BCUT2D eigenvalue weighted by Gasteiger charge is -2.15. The van der Waals surface area contributed by atoms with Crippen LogP contribution in [0.2, 0.25) is 0 Å². The molecule has 104 valence electrons. The molecular weight excluding hydrogens is 262 g/mol. The monoisotopic (exact) mass is 281 g/mol. The Morgan fingerprint density at radius 2 is 2.16 bits per heavy atom. The Kier molecular flexibility index (Phi) is 3.91. The normalized spacial score (nSPS) is 13.8. The number of aromatic nitrogens is 2. The second-order valence-electron chi connectivity index (χ2n) is 4.81. The van der Waals surface area contributed by atoms with E-state index >= 15 is 0 Å². The van der Waals surface area contributed by atoms with Crippen molar-refractivity contribution < 1.29 is 8.42 Å². The Morgan fingerprint density at radius 1 is 1.42 bits per heavy atom. The largest absolute Gasteiger partial charge is 0.268 e. The summed E-state index contributed by atoms with van der Waals surface area (Å²) < 4.78 is 25.2. The van der Waals surface area contributed by atoms with Crippen LogP contribution < -0.4 is 5.14 Å². The molecule has 0 spiro atoms. The smallest absolute Gasteiger partial charge is 0.216 e. The number of nitrogens with zero attached hydrogens (tertiary/aromatic N) is 2. The fraction of sp³-hybridized carbons (Fsp3) is 0.462. The first-order chi connectivity index (χ1) is 8.93. The van der Waals surface area contributed by atoms with Crippen LogP contribution in [0.3, 0.4) is 0 Å². The van der Waals surface area contributed by atoms with Gasteiger partial charge in [0.25, 0.3) is 0 Å². The van der Waals surface area contributed by atoms with Crippen LogP contribution in [-0.4, -0.2) is 18.2 Å². The molecule has 19 heavy (non-hydrogen) atoms. The second-order valence-corrected chi connectivity index (χ2v) is 6.55. The molecule has 2 aromatic rings. The Bertz CT molecular complexity index is 676. The van der Waals surface area contributed by atoms with Crippen molar-refractivity contribution in [1.29, 1.82) is 0 Å². The van der Waals surface area contributed by atoms with E-state index in [1.807, 2.05) is 32.2 Å². The van der Waals surface area contributed by atoms with Gasteiger partial charge < -0.3 is 0 Å². The number of nitrogens with two attached hydrogens (primary N) is 1. The van der Waals surface area contributed by atoms with E-state index in [1.165, 1.54) is 0 Å². The highest BCUT2D eigenvalue weighted by molar-refractivity contribution is 7.89. The fourth-order valence-electron chi connectivity index (χ4n) is 2.27. The zero-order valence-electron chi connectivity index (χ0n) is 11.2. The molecule has 0 aliphatic rings. The summed E-state index contributed by atoms with van der Waals surface area (Å²) in [6, 6.07) is 5.59. The molecular formula is C13H19N3O2S. The van der Waals surface area contributed by atoms with Gasteiger partial charge in [0.15, 0.2) is 0 Å². The van der Waals surface area contributed by atoms with Crippen molar-refractivity contribution in [3.8, 4) is 0 Å². The van der Waals surface area contributed by atoms with E-state index in [0.717, 1.165) is 29.3 Å². The highest BCUT2D eigenvalue weighted by Crippen LogP contribution is 2.28. The van der Waals surface area contributed by atoms with E-state index in [9.17, 15) is 8.42 Å². The van der Waals surface area contributed by atoms with E-state index in [1.54, 1.807) is 10.9 Å². The molecule has 0 amide bonds. The molecule has 0 fully saturated rings. The van der Waals surface area contributed by atoms with Gasteiger partial charge in [0.05, 0.1) is 11.7 Å². The second kappa shape index (κ2) is 5.30. The molecule has 0 bridgehead atoms. The lowest BCUT2D eigenvalue weighted by molar-refractivity contribution is 0.570. The van der Waals surface area contributed by atoms with Crippen molar-refractivity contribution >= 4 is 20.9 Å². The van der Waals surface area contributed by atoms with Crippen molar-refractivity contribution in [3.63, 3.8) is 0 Å². The van der Waals surface area contributed by atoms with Crippen molar-refractivity contribution in [2.75, 3.05) is 0 Å². The van der Waals surface area contributed by atoms with Gasteiger partial charge in [0.1, 0.15) is 5.25 Å². The highest BCUT2D eigenvalue weighted by atomic mass is 32.2. The van der Waals surface area contributed by atoms with Crippen LogP contribution in [0.4, 0.5) is 0 Å². The highest BCUT2D eigenvalue weighted by Gasteiger charge is 2.23. The van der Waals surface area contributed by atoms with Gasteiger partial charge in [-0.2, -0.15) is 5.10 Å². The number of primary sulfonamides is 1. The van der Waals surface area contributed by atoms with Gasteiger partial charge in [-0.3, -0.25) is 4.68 Å². The third kappa shape index (κ3) is 2.96. The number of unbranched alkanes of at least 4 members (excludes halogenated alkanes) is 1. The predicted octanol–water partition coefficient (Wildman–Crippen LogP) is 2.09. The Balaban J connectivity index is 2.46. The Hall–Kier alpha value is -1.40. The van der Waals surface area contributed by atoms with Crippen LogP contribution in [0, 0.1) is 0 Å². The van der Waals surface area contributed by atoms with Crippen molar-refractivity contribution in [1.82, 2.24) is 9.78 Å². The number of aryl methyl sites for hydroxylation is 1. The zero-order valence-corrected chi connectivity index (χ0v) is 12.0. The predicted molar refractivity (Wildman–Crippen MR) is 76.1 cm³/mol. The first-order valence-electron chi connectivity index (χ1n) is 6.36. The quantitative estimate of drug-likeness (QED) is 0.911. The molecule has 0 saturated carbocycles. The van der Waals surface area contributed by atoms with Crippen LogP contribution in [0.1, 0.15) is 37.0 Å². The molecule has 6 heteroatoms. The van der Waals surface area contributed by atoms with Gasteiger partial charge in [-0.1, -0.05) is 31.9 Å². The van der Waals surface area contributed by atoms with Crippen LogP contribution in [0.15, 0.2) is 24.4 Å². The summed E-state index contributed by atoms with van der Waals surface area (Å²) >= 11 is 0. The molecule has 0 saturated heterocycles. The standard InChI is InChI=1S/C13H19N3O2S/c1-3-4-5-13(19(14,17)18)10-6-7-11-9-15-16(2)12(11)8-10/h6-9,13H,3-5H2,1-2H3,(H2,14,17,18). The first-order valence-corrected chi connectivity index (χ1v) is 7.97. The van der Waals surface area contributed by atoms with E-state index in [-0.39, 0.29) is 0 Å². The number of hydrogen-bond donors (Lipinski definition) is 1. The van der Waals surface area contributed by atoms with E-state index in [2.05, 4.69) is 5.10 Å². The van der Waals surface area contributed by atoms with Gasteiger partial charge in [0, 0.05) is 12.4 Å². The Labute approximate surface area is 113 Å². The molecule has 0 aliphatic carbocycles. The van der Waals surface area contributed by atoms with Crippen LogP contribution >= 0.6 is 0 Å². The number of fused-ring (bicyclic) bond motifs is 1. The minimum atomic E-state index is -3.58. The maximum atomic E-state index is 11.8. The van der Waals surface area contributed by atoms with E-state index < -0.39 is 15.3 Å². The first kappa shape index (κ1) is 14.0. The number of sulfonamides is 1. The molecule has 1 aromatic carbocycles. The third-order valence-corrected chi connectivity index (χ3v) is 4.66. The summed E-state index contributed by atoms with van der Waals surface area (Å²) in [7, 11) is -1.75. The van der Waals surface area contributed by atoms with Crippen molar-refractivity contribution in [3.05, 3.63) is 30.0 Å². The third-order valence-electron chi connectivity index (χ3n) is 3.36. The fourth-order valence-corrected chi connectivity index (χ4v) is 3.29. The van der Waals surface area contributed by atoms with Crippen molar-refractivity contribution in [2.45, 2.75) is 31.4 Å². The molecule has 1 unspecified atom stereocenters. The van der Waals surface area contributed by atoms with Crippen LogP contribution in [0.5, 0.6) is 0 Å². The maximum absolute atomic E-state index is 11.8. The molecule has 1 aromatic heterocycles. The zero-order chi connectivity index (χ0) is 14.0. The summed E-state index contributed by atoms with van der Waals surface area (Å²) in [6.45, 7) is 2.03. The summed E-state index contributed by atoms with van der Waals surface area (Å²) in [5, 5.41) is 9.88. The summed E-state index contributed by atoms with van der Waals surface area (Å²) in [4.78, 5) is 0.